The van der Waals surface area contributed by atoms with Crippen molar-refractivity contribution in [3.63, 3.8) is 0 Å². The van der Waals surface area contributed by atoms with Gasteiger partial charge < -0.3 is 0 Å². The Labute approximate surface area is 162 Å². The van der Waals surface area contributed by atoms with Crippen molar-refractivity contribution in [1.29, 1.82) is 5.26 Å². The predicted octanol–water partition coefficient (Wildman–Crippen LogP) is 4.10. The Kier molecular flexibility index (Phi) is 6.40. The summed E-state index contributed by atoms with van der Waals surface area (Å²) in [6.07, 6.45) is 3.44. The minimum atomic E-state index is -3.74. The fraction of sp³-hybridized carbons (Fsp3) is 0.429. The second kappa shape index (κ2) is 8.20. The number of hydrogen-bond acceptors (Lipinski definition) is 4. The first-order valence-corrected chi connectivity index (χ1v) is 10.4. The van der Waals surface area contributed by atoms with Crippen LogP contribution < -0.4 is 0 Å². The third kappa shape index (κ3) is 4.94. The van der Waals surface area contributed by atoms with Crippen molar-refractivity contribution in [2.75, 3.05) is 6.54 Å². The Balaban J connectivity index is 2.51. The van der Waals surface area contributed by atoms with Gasteiger partial charge in [0.25, 0.3) is 0 Å². The number of aromatic nitrogens is 1. The van der Waals surface area contributed by atoms with E-state index in [0.29, 0.717) is 4.90 Å². The summed E-state index contributed by atoms with van der Waals surface area (Å²) in [5.41, 5.74) is 3.29. The lowest BCUT2D eigenvalue weighted by molar-refractivity contribution is 0.412. The van der Waals surface area contributed by atoms with Crippen LogP contribution in [0.3, 0.4) is 0 Å². The molecule has 0 amide bonds. The summed E-state index contributed by atoms with van der Waals surface area (Å²) < 4.78 is 28.3. The first-order valence-electron chi connectivity index (χ1n) is 8.95. The molecule has 5 nitrogen and oxygen atoms in total. The zero-order chi connectivity index (χ0) is 20.2. The fourth-order valence-corrected chi connectivity index (χ4v) is 4.91. The minimum Gasteiger partial charge on any atom is -0.264 e. The van der Waals surface area contributed by atoms with Crippen molar-refractivity contribution in [3.8, 4) is 6.07 Å². The first kappa shape index (κ1) is 21.1. The van der Waals surface area contributed by atoms with E-state index < -0.39 is 10.0 Å². The van der Waals surface area contributed by atoms with E-state index in [4.69, 9.17) is 5.26 Å². The van der Waals surface area contributed by atoms with Gasteiger partial charge in [-0.15, -0.1) is 0 Å². The molecular weight excluding hydrogens is 358 g/mol. The molecule has 1 aromatic heterocycles. The molecule has 1 aromatic carbocycles. The first-order chi connectivity index (χ1) is 12.6. The fourth-order valence-electron chi connectivity index (χ4n) is 3.07. The Bertz CT molecular complexity index is 917. The highest BCUT2D eigenvalue weighted by atomic mass is 32.2. The zero-order valence-electron chi connectivity index (χ0n) is 16.7. The Morgan fingerprint density at radius 1 is 1.19 bits per heavy atom. The smallest absolute Gasteiger partial charge is 0.243 e. The maximum absolute atomic E-state index is 13.4. The topological polar surface area (TPSA) is 74.1 Å². The van der Waals surface area contributed by atoms with Crippen molar-refractivity contribution >= 4 is 10.0 Å². The van der Waals surface area contributed by atoms with Gasteiger partial charge in [-0.05, 0) is 47.6 Å². The number of benzene rings is 1. The van der Waals surface area contributed by atoms with Gasteiger partial charge in [-0.25, -0.2) is 8.42 Å². The van der Waals surface area contributed by atoms with E-state index in [-0.39, 0.29) is 24.9 Å². The van der Waals surface area contributed by atoms with Crippen molar-refractivity contribution in [3.05, 3.63) is 58.9 Å². The van der Waals surface area contributed by atoms with Crippen LogP contribution in [0.4, 0.5) is 0 Å². The lowest BCUT2D eigenvalue weighted by atomic mass is 9.85. The molecule has 144 valence electrons. The van der Waals surface area contributed by atoms with Gasteiger partial charge in [0.05, 0.1) is 11.0 Å². The molecule has 1 heterocycles. The highest BCUT2D eigenvalue weighted by Gasteiger charge is 2.29. The average molecular weight is 386 g/mol. The third-order valence-electron chi connectivity index (χ3n) is 4.48. The summed E-state index contributed by atoms with van der Waals surface area (Å²) in [5.74, 6) is 0. The van der Waals surface area contributed by atoms with Crippen molar-refractivity contribution in [1.82, 2.24) is 9.29 Å². The quantitative estimate of drug-likeness (QED) is 0.750. The summed E-state index contributed by atoms with van der Waals surface area (Å²) in [6.45, 7) is 10.3. The van der Waals surface area contributed by atoms with Gasteiger partial charge in [0.1, 0.15) is 0 Å². The largest absolute Gasteiger partial charge is 0.264 e. The van der Waals surface area contributed by atoms with E-state index >= 15 is 0 Å². The molecule has 0 unspecified atom stereocenters. The van der Waals surface area contributed by atoms with Crippen molar-refractivity contribution in [2.24, 2.45) is 0 Å². The maximum atomic E-state index is 13.4. The second-order valence-electron chi connectivity index (χ2n) is 7.80. The van der Waals surface area contributed by atoms with E-state index in [1.165, 1.54) is 4.31 Å². The van der Waals surface area contributed by atoms with Crippen LogP contribution in [0.2, 0.25) is 0 Å². The van der Waals surface area contributed by atoms with Crippen LogP contribution >= 0.6 is 0 Å². The van der Waals surface area contributed by atoms with Crippen LogP contribution in [0, 0.1) is 25.2 Å². The van der Waals surface area contributed by atoms with Gasteiger partial charge in [-0.2, -0.15) is 9.57 Å². The lowest BCUT2D eigenvalue weighted by Gasteiger charge is -2.26. The van der Waals surface area contributed by atoms with Gasteiger partial charge in [0, 0.05) is 31.9 Å². The molecule has 0 aliphatic carbocycles. The standard InChI is InChI=1S/C21H27N3O2S/c1-16-12-19(21(3,4)5)13-17(2)20(16)27(25,26)24(11-7-9-22)15-18-8-6-10-23-14-18/h6,8,10,12-14H,7,11,15H2,1-5H3. The molecule has 0 fully saturated rings. The van der Waals surface area contributed by atoms with Crippen molar-refractivity contribution in [2.45, 2.75) is 57.9 Å². The monoisotopic (exact) mass is 385 g/mol. The van der Waals surface area contributed by atoms with Crippen LogP contribution in [0.15, 0.2) is 41.6 Å². The molecule has 0 N–H and O–H groups in total. The lowest BCUT2D eigenvalue weighted by Crippen LogP contribution is -2.32. The molecule has 27 heavy (non-hydrogen) atoms. The van der Waals surface area contributed by atoms with E-state index in [2.05, 4.69) is 25.8 Å². The van der Waals surface area contributed by atoms with Gasteiger partial charge in [-0.3, -0.25) is 4.98 Å². The van der Waals surface area contributed by atoms with Gasteiger partial charge in [0.15, 0.2) is 0 Å². The predicted molar refractivity (Wildman–Crippen MR) is 107 cm³/mol. The average Bonchev–Trinajstić information content (AvgIpc) is 2.57. The van der Waals surface area contributed by atoms with Crippen molar-refractivity contribution < 1.29 is 8.42 Å². The van der Waals surface area contributed by atoms with Crippen LogP contribution in [-0.2, 0) is 22.0 Å². The summed E-state index contributed by atoms with van der Waals surface area (Å²) in [7, 11) is -3.74. The Morgan fingerprint density at radius 3 is 2.30 bits per heavy atom. The minimum absolute atomic E-state index is 0.0615. The molecule has 2 rings (SSSR count). The van der Waals surface area contributed by atoms with E-state index in [1.54, 1.807) is 18.5 Å². The molecule has 0 bridgehead atoms. The molecular formula is C21H27N3O2S. The number of rotatable bonds is 6. The third-order valence-corrected chi connectivity index (χ3v) is 6.63. The number of aryl methyl sites for hydroxylation is 2. The number of nitrogens with zero attached hydrogens (tertiary/aromatic N) is 3. The summed E-state index contributed by atoms with van der Waals surface area (Å²) in [4.78, 5) is 4.39. The van der Waals surface area contributed by atoms with Crippen LogP contribution in [-0.4, -0.2) is 24.3 Å². The normalized spacial score (nSPS) is 12.2. The number of nitriles is 1. The molecule has 6 heteroatoms. The molecule has 0 aliphatic rings. The molecule has 0 spiro atoms. The molecule has 0 saturated heterocycles. The highest BCUT2D eigenvalue weighted by molar-refractivity contribution is 7.89. The molecule has 0 atom stereocenters. The molecule has 0 saturated carbocycles. The summed E-state index contributed by atoms with van der Waals surface area (Å²) in [5, 5.41) is 8.97. The Hall–Kier alpha value is -2.23. The maximum Gasteiger partial charge on any atom is 0.243 e. The molecule has 0 radical (unpaired) electrons. The van der Waals surface area contributed by atoms with Crippen LogP contribution in [0.25, 0.3) is 0 Å². The second-order valence-corrected chi connectivity index (χ2v) is 9.67. The van der Waals surface area contributed by atoms with E-state index in [0.717, 1.165) is 22.3 Å². The zero-order valence-corrected chi connectivity index (χ0v) is 17.5. The highest BCUT2D eigenvalue weighted by Crippen LogP contribution is 2.31. The summed E-state index contributed by atoms with van der Waals surface area (Å²) in [6, 6.07) is 9.56. The molecule has 2 aromatic rings. The Morgan fingerprint density at radius 2 is 1.81 bits per heavy atom. The number of hydrogen-bond donors (Lipinski definition) is 0. The van der Waals surface area contributed by atoms with Gasteiger partial charge in [-0.1, -0.05) is 39.0 Å². The van der Waals surface area contributed by atoms with E-state index in [1.807, 2.05) is 38.1 Å². The molecule has 0 aliphatic heterocycles. The van der Waals surface area contributed by atoms with Crippen LogP contribution in [0.5, 0.6) is 0 Å². The van der Waals surface area contributed by atoms with Gasteiger partial charge >= 0.3 is 0 Å². The summed E-state index contributed by atoms with van der Waals surface area (Å²) >= 11 is 0. The van der Waals surface area contributed by atoms with Crippen LogP contribution in [0.1, 0.15) is 49.4 Å². The van der Waals surface area contributed by atoms with Gasteiger partial charge in [0.2, 0.25) is 10.0 Å². The SMILES string of the molecule is Cc1cc(C(C)(C)C)cc(C)c1S(=O)(=O)N(CCC#N)Cc1cccnc1. The van der Waals surface area contributed by atoms with E-state index in [9.17, 15) is 8.42 Å². The number of sulfonamides is 1. The number of pyridine rings is 1.